The summed E-state index contributed by atoms with van der Waals surface area (Å²) in [6.07, 6.45) is 1.78. The van der Waals surface area contributed by atoms with Gasteiger partial charge in [-0.2, -0.15) is 8.78 Å². The van der Waals surface area contributed by atoms with Crippen molar-refractivity contribution in [2.45, 2.75) is 19.5 Å². The van der Waals surface area contributed by atoms with E-state index in [0.29, 0.717) is 0 Å². The Bertz CT molecular complexity index is 318. The molecular weight excluding hydrogens is 334 g/mol. The number of ether oxygens (including phenoxy) is 1. The van der Waals surface area contributed by atoms with Crippen LogP contribution in [0.5, 0.6) is 5.75 Å². The number of aryl methyl sites for hydroxylation is 1. The molecule has 1 aromatic carbocycles. The first-order valence-electron chi connectivity index (χ1n) is 4.42. The van der Waals surface area contributed by atoms with Crippen LogP contribution in [-0.4, -0.2) is 11.9 Å². The molecule has 0 unspecified atom stereocenters. The van der Waals surface area contributed by atoms with E-state index in [1.165, 1.54) is 6.07 Å². The van der Waals surface area contributed by atoms with Crippen LogP contribution in [0.15, 0.2) is 22.7 Å². The zero-order valence-corrected chi connectivity index (χ0v) is 11.0. The summed E-state index contributed by atoms with van der Waals surface area (Å²) in [4.78, 5) is 0. The number of hydrogen-bond donors (Lipinski definition) is 0. The molecule has 0 aromatic heterocycles. The first-order valence-corrected chi connectivity index (χ1v) is 6.34. The summed E-state index contributed by atoms with van der Waals surface area (Å²) in [7, 11) is 0. The summed E-state index contributed by atoms with van der Waals surface area (Å²) in [6, 6.07) is 4.88. The highest BCUT2D eigenvalue weighted by Gasteiger charge is 2.07. The normalized spacial score (nSPS) is 10.7. The van der Waals surface area contributed by atoms with Gasteiger partial charge in [0.25, 0.3) is 0 Å². The molecule has 0 aliphatic heterocycles. The zero-order chi connectivity index (χ0) is 11.3. The highest BCUT2D eigenvalue weighted by Crippen LogP contribution is 2.25. The molecule has 0 atom stereocenters. The monoisotopic (exact) mass is 342 g/mol. The van der Waals surface area contributed by atoms with Crippen molar-refractivity contribution in [3.8, 4) is 5.75 Å². The SMILES string of the molecule is FC(F)Oc1ccc(Br)c(CCCBr)c1. The van der Waals surface area contributed by atoms with Crippen molar-refractivity contribution in [2.24, 2.45) is 0 Å². The van der Waals surface area contributed by atoms with Gasteiger partial charge in [0.15, 0.2) is 0 Å². The Morgan fingerprint density at radius 2 is 2.07 bits per heavy atom. The molecule has 0 saturated heterocycles. The standard InChI is InChI=1S/C10H10Br2F2O/c11-5-1-2-7-6-8(15-10(13)14)3-4-9(7)12/h3-4,6,10H,1-2,5H2. The fourth-order valence-electron chi connectivity index (χ4n) is 1.18. The fourth-order valence-corrected chi connectivity index (χ4v) is 1.90. The number of alkyl halides is 3. The average Bonchev–Trinajstić information content (AvgIpc) is 2.18. The van der Waals surface area contributed by atoms with E-state index in [-0.39, 0.29) is 5.75 Å². The molecule has 1 nitrogen and oxygen atoms in total. The highest BCUT2D eigenvalue weighted by molar-refractivity contribution is 9.10. The summed E-state index contributed by atoms with van der Waals surface area (Å²) < 4.78 is 29.2. The second-order valence-corrected chi connectivity index (χ2v) is 4.57. The lowest BCUT2D eigenvalue weighted by atomic mass is 10.1. The largest absolute Gasteiger partial charge is 0.435 e. The minimum Gasteiger partial charge on any atom is -0.435 e. The van der Waals surface area contributed by atoms with Gasteiger partial charge in [-0.3, -0.25) is 0 Å². The van der Waals surface area contributed by atoms with Crippen molar-refractivity contribution in [3.63, 3.8) is 0 Å². The lowest BCUT2D eigenvalue weighted by Gasteiger charge is -2.08. The third-order valence-electron chi connectivity index (χ3n) is 1.82. The summed E-state index contributed by atoms with van der Waals surface area (Å²) in [5.74, 6) is 0.206. The maximum Gasteiger partial charge on any atom is 0.387 e. The van der Waals surface area contributed by atoms with Gasteiger partial charge in [0.2, 0.25) is 0 Å². The first-order chi connectivity index (χ1) is 7.13. The van der Waals surface area contributed by atoms with Crippen LogP contribution in [0.25, 0.3) is 0 Å². The van der Waals surface area contributed by atoms with Gasteiger partial charge in [0.05, 0.1) is 0 Å². The second-order valence-electron chi connectivity index (χ2n) is 2.92. The smallest absolute Gasteiger partial charge is 0.387 e. The Kier molecular flexibility index (Phi) is 5.53. The van der Waals surface area contributed by atoms with Crippen LogP contribution in [0.1, 0.15) is 12.0 Å². The van der Waals surface area contributed by atoms with E-state index in [4.69, 9.17) is 0 Å². The highest BCUT2D eigenvalue weighted by atomic mass is 79.9. The maximum atomic E-state index is 12.0. The van der Waals surface area contributed by atoms with E-state index in [1.54, 1.807) is 12.1 Å². The van der Waals surface area contributed by atoms with Gasteiger partial charge in [-0.1, -0.05) is 31.9 Å². The second kappa shape index (κ2) is 6.43. The van der Waals surface area contributed by atoms with Crippen molar-refractivity contribution in [1.29, 1.82) is 0 Å². The van der Waals surface area contributed by atoms with Gasteiger partial charge in [-0.25, -0.2) is 0 Å². The molecule has 0 N–H and O–H groups in total. The molecule has 0 aliphatic rings. The molecule has 0 aliphatic carbocycles. The molecule has 5 heteroatoms. The van der Waals surface area contributed by atoms with Gasteiger partial charge in [-0.15, -0.1) is 0 Å². The quantitative estimate of drug-likeness (QED) is 0.721. The first kappa shape index (κ1) is 12.9. The summed E-state index contributed by atoms with van der Waals surface area (Å²) in [5.41, 5.74) is 0.979. The summed E-state index contributed by atoms with van der Waals surface area (Å²) >= 11 is 6.69. The van der Waals surface area contributed by atoms with E-state index in [0.717, 1.165) is 28.2 Å². The molecule has 15 heavy (non-hydrogen) atoms. The molecule has 0 amide bonds. The summed E-state index contributed by atoms with van der Waals surface area (Å²) in [5, 5.41) is 0.888. The van der Waals surface area contributed by atoms with Crippen LogP contribution in [-0.2, 0) is 6.42 Å². The van der Waals surface area contributed by atoms with Crippen molar-refractivity contribution >= 4 is 31.9 Å². The molecule has 1 rings (SSSR count). The minimum absolute atomic E-state index is 0.206. The van der Waals surface area contributed by atoms with E-state index < -0.39 is 6.61 Å². The van der Waals surface area contributed by atoms with Gasteiger partial charge in [0.1, 0.15) is 5.75 Å². The molecule has 0 saturated carbocycles. The average molecular weight is 344 g/mol. The van der Waals surface area contributed by atoms with Gasteiger partial charge >= 0.3 is 6.61 Å². The van der Waals surface area contributed by atoms with Crippen molar-refractivity contribution in [2.75, 3.05) is 5.33 Å². The Hall–Kier alpha value is -0.160. The molecule has 0 heterocycles. The van der Waals surface area contributed by atoms with E-state index in [1.807, 2.05) is 0 Å². The van der Waals surface area contributed by atoms with Crippen molar-refractivity contribution < 1.29 is 13.5 Å². The van der Waals surface area contributed by atoms with E-state index >= 15 is 0 Å². The Morgan fingerprint density at radius 1 is 1.33 bits per heavy atom. The van der Waals surface area contributed by atoms with E-state index in [9.17, 15) is 8.78 Å². The van der Waals surface area contributed by atoms with Crippen LogP contribution in [0, 0.1) is 0 Å². The molecule has 1 aromatic rings. The van der Waals surface area contributed by atoms with Crippen molar-refractivity contribution in [1.82, 2.24) is 0 Å². The predicted octanol–water partition coefficient (Wildman–Crippen LogP) is 4.38. The lowest BCUT2D eigenvalue weighted by Crippen LogP contribution is -2.02. The third-order valence-corrected chi connectivity index (χ3v) is 3.16. The van der Waals surface area contributed by atoms with E-state index in [2.05, 4.69) is 36.6 Å². The Balaban J connectivity index is 2.75. The lowest BCUT2D eigenvalue weighted by molar-refractivity contribution is -0.0498. The molecule has 0 spiro atoms. The number of rotatable bonds is 5. The maximum absolute atomic E-state index is 12.0. The Morgan fingerprint density at radius 3 is 2.67 bits per heavy atom. The third kappa shape index (κ3) is 4.47. The van der Waals surface area contributed by atoms with Gasteiger partial charge in [0, 0.05) is 9.80 Å². The zero-order valence-electron chi connectivity index (χ0n) is 7.85. The molecule has 0 bridgehead atoms. The summed E-state index contributed by atoms with van der Waals surface area (Å²) in [6.45, 7) is -2.77. The predicted molar refractivity (Wildman–Crippen MR) is 62.9 cm³/mol. The molecule has 0 fully saturated rings. The Labute approximate surface area is 104 Å². The fraction of sp³-hybridized carbons (Fsp3) is 0.400. The van der Waals surface area contributed by atoms with Crippen LogP contribution in [0.4, 0.5) is 8.78 Å². The van der Waals surface area contributed by atoms with Crippen LogP contribution < -0.4 is 4.74 Å². The van der Waals surface area contributed by atoms with Crippen LogP contribution in [0.2, 0.25) is 0 Å². The van der Waals surface area contributed by atoms with Crippen molar-refractivity contribution in [3.05, 3.63) is 28.2 Å². The van der Waals surface area contributed by atoms with Crippen LogP contribution in [0.3, 0.4) is 0 Å². The molecular formula is C10H10Br2F2O. The minimum atomic E-state index is -2.77. The topological polar surface area (TPSA) is 9.23 Å². The van der Waals surface area contributed by atoms with Gasteiger partial charge < -0.3 is 4.74 Å². The molecule has 84 valence electrons. The molecule has 0 radical (unpaired) electrons. The van der Waals surface area contributed by atoms with Crippen LogP contribution >= 0.6 is 31.9 Å². The number of hydrogen-bond acceptors (Lipinski definition) is 1. The number of halogens is 4. The van der Waals surface area contributed by atoms with Gasteiger partial charge in [-0.05, 0) is 36.6 Å². The number of benzene rings is 1.